The first-order valence-electron chi connectivity index (χ1n) is 6.25. The second-order valence-electron chi connectivity index (χ2n) is 4.67. The number of nitrogens with two attached hydrogens (primary N) is 1. The summed E-state index contributed by atoms with van der Waals surface area (Å²) in [6.45, 7) is 0.364. The van der Waals surface area contributed by atoms with Crippen molar-refractivity contribution in [2.45, 2.75) is 12.5 Å². The highest BCUT2D eigenvalue weighted by molar-refractivity contribution is 9.10. The van der Waals surface area contributed by atoms with Crippen LogP contribution in [0.3, 0.4) is 0 Å². The molecule has 1 atom stereocenters. The molecule has 2 aromatic rings. The molecule has 0 bridgehead atoms. The lowest BCUT2D eigenvalue weighted by molar-refractivity contribution is 0.148. The number of anilines is 1. The molecule has 0 aliphatic carbocycles. The van der Waals surface area contributed by atoms with Crippen LogP contribution in [0.5, 0.6) is 11.5 Å². The molecule has 0 fully saturated rings. The topological polar surface area (TPSA) is 44.5 Å². The normalized spacial score (nSPS) is 16.6. The largest absolute Gasteiger partial charge is 0.486 e. The van der Waals surface area contributed by atoms with E-state index in [4.69, 9.17) is 15.2 Å². The first-order valence-corrected chi connectivity index (χ1v) is 7.04. The van der Waals surface area contributed by atoms with Gasteiger partial charge in [0.2, 0.25) is 0 Å². The number of fused-ring (bicyclic) bond motifs is 1. The fourth-order valence-corrected chi connectivity index (χ4v) is 2.73. The molecular formula is C15H13BrFNO2. The summed E-state index contributed by atoms with van der Waals surface area (Å²) in [5, 5.41) is 0. The molecule has 3 rings (SSSR count). The lowest BCUT2D eigenvalue weighted by Crippen LogP contribution is -2.22. The van der Waals surface area contributed by atoms with Gasteiger partial charge >= 0.3 is 0 Å². The van der Waals surface area contributed by atoms with Crippen molar-refractivity contribution in [1.82, 2.24) is 0 Å². The van der Waals surface area contributed by atoms with Crippen molar-refractivity contribution < 1.29 is 13.9 Å². The Morgan fingerprint density at radius 1 is 1.35 bits per heavy atom. The van der Waals surface area contributed by atoms with Gasteiger partial charge in [-0.3, -0.25) is 0 Å². The number of ether oxygens (including phenoxy) is 2. The molecule has 5 heteroatoms. The smallest absolute Gasteiger partial charge is 0.156 e. The minimum absolute atomic E-state index is 0.127. The van der Waals surface area contributed by atoms with E-state index < -0.39 is 0 Å². The fourth-order valence-electron chi connectivity index (χ4n) is 2.24. The molecule has 2 aromatic carbocycles. The molecule has 1 unspecified atom stereocenters. The van der Waals surface area contributed by atoms with E-state index in [-0.39, 0.29) is 11.9 Å². The molecule has 0 aromatic heterocycles. The molecule has 3 nitrogen and oxygen atoms in total. The standard InChI is InChI=1S/C15H13BrFNO2/c16-12-2-1-3-13(18)15(12)19-8-11-7-9-6-10(17)4-5-14(9)20-11/h1-6,11H,7-8,18H2. The van der Waals surface area contributed by atoms with Crippen LogP contribution in [-0.2, 0) is 6.42 Å². The van der Waals surface area contributed by atoms with Crippen molar-refractivity contribution in [1.29, 1.82) is 0 Å². The van der Waals surface area contributed by atoms with Gasteiger partial charge in [0, 0.05) is 12.0 Å². The Balaban J connectivity index is 1.67. The maximum Gasteiger partial charge on any atom is 0.156 e. The van der Waals surface area contributed by atoms with Crippen LogP contribution in [0.1, 0.15) is 5.56 Å². The number of benzene rings is 2. The van der Waals surface area contributed by atoms with E-state index in [1.54, 1.807) is 12.1 Å². The van der Waals surface area contributed by atoms with Crippen LogP contribution in [0.15, 0.2) is 40.9 Å². The van der Waals surface area contributed by atoms with Gasteiger partial charge in [0.05, 0.1) is 10.2 Å². The molecule has 104 valence electrons. The summed E-state index contributed by atoms with van der Waals surface area (Å²) < 4.78 is 25.4. The molecule has 0 radical (unpaired) electrons. The molecule has 1 aliphatic heterocycles. The summed E-state index contributed by atoms with van der Waals surface area (Å²) in [5.74, 6) is 1.09. The summed E-state index contributed by atoms with van der Waals surface area (Å²) >= 11 is 3.40. The third-order valence-electron chi connectivity index (χ3n) is 3.17. The second kappa shape index (κ2) is 5.32. The third kappa shape index (κ3) is 2.58. The molecular weight excluding hydrogens is 325 g/mol. The molecule has 0 spiro atoms. The lowest BCUT2D eigenvalue weighted by atomic mass is 10.1. The average molecular weight is 338 g/mol. The number of halogens is 2. The first kappa shape index (κ1) is 13.2. The Bertz CT molecular complexity index is 628. The highest BCUT2D eigenvalue weighted by atomic mass is 79.9. The van der Waals surface area contributed by atoms with E-state index >= 15 is 0 Å². The fraction of sp³-hybridized carbons (Fsp3) is 0.200. The van der Waals surface area contributed by atoms with Gasteiger partial charge in [0.25, 0.3) is 0 Å². The van der Waals surface area contributed by atoms with Crippen LogP contribution >= 0.6 is 15.9 Å². The zero-order valence-electron chi connectivity index (χ0n) is 10.6. The van der Waals surface area contributed by atoms with Crippen molar-refractivity contribution in [3.63, 3.8) is 0 Å². The van der Waals surface area contributed by atoms with Crippen LogP contribution in [0.2, 0.25) is 0 Å². The van der Waals surface area contributed by atoms with Gasteiger partial charge in [0.1, 0.15) is 24.3 Å². The predicted molar refractivity (Wildman–Crippen MR) is 78.6 cm³/mol. The quantitative estimate of drug-likeness (QED) is 0.871. The average Bonchev–Trinajstić information content (AvgIpc) is 2.80. The van der Waals surface area contributed by atoms with Gasteiger partial charge in [-0.1, -0.05) is 6.07 Å². The van der Waals surface area contributed by atoms with Crippen LogP contribution < -0.4 is 15.2 Å². The van der Waals surface area contributed by atoms with Gasteiger partial charge in [-0.2, -0.15) is 0 Å². The van der Waals surface area contributed by atoms with Crippen molar-refractivity contribution in [3.05, 3.63) is 52.3 Å². The zero-order chi connectivity index (χ0) is 14.1. The number of nitrogen functional groups attached to an aromatic ring is 1. The van der Waals surface area contributed by atoms with Gasteiger partial charge in [-0.05, 0) is 46.3 Å². The second-order valence-corrected chi connectivity index (χ2v) is 5.52. The van der Waals surface area contributed by atoms with Crippen LogP contribution in [0.4, 0.5) is 10.1 Å². The molecule has 0 saturated heterocycles. The number of para-hydroxylation sites is 1. The zero-order valence-corrected chi connectivity index (χ0v) is 12.2. The van der Waals surface area contributed by atoms with Gasteiger partial charge in [0.15, 0.2) is 5.75 Å². The van der Waals surface area contributed by atoms with Gasteiger partial charge in [-0.15, -0.1) is 0 Å². The number of hydrogen-bond donors (Lipinski definition) is 1. The minimum Gasteiger partial charge on any atom is -0.486 e. The first-order chi connectivity index (χ1) is 9.63. The van der Waals surface area contributed by atoms with E-state index in [1.165, 1.54) is 12.1 Å². The van der Waals surface area contributed by atoms with Crippen LogP contribution in [0, 0.1) is 5.82 Å². The van der Waals surface area contributed by atoms with Crippen LogP contribution in [0.25, 0.3) is 0 Å². The van der Waals surface area contributed by atoms with Crippen molar-refractivity contribution in [2.24, 2.45) is 0 Å². The highest BCUT2D eigenvalue weighted by Crippen LogP contribution is 2.33. The Hall–Kier alpha value is -1.75. The predicted octanol–water partition coefficient (Wildman–Crippen LogP) is 3.55. The van der Waals surface area contributed by atoms with Crippen molar-refractivity contribution in [3.8, 4) is 11.5 Å². The Labute approximate surface area is 124 Å². The Morgan fingerprint density at radius 3 is 3.00 bits per heavy atom. The highest BCUT2D eigenvalue weighted by Gasteiger charge is 2.24. The van der Waals surface area contributed by atoms with Gasteiger partial charge in [-0.25, -0.2) is 4.39 Å². The summed E-state index contributed by atoms with van der Waals surface area (Å²) in [6, 6.07) is 10.0. The summed E-state index contributed by atoms with van der Waals surface area (Å²) in [5.41, 5.74) is 7.31. The minimum atomic E-state index is -0.246. The maximum atomic E-state index is 13.1. The van der Waals surface area contributed by atoms with Gasteiger partial charge < -0.3 is 15.2 Å². The monoisotopic (exact) mass is 337 g/mol. The molecule has 1 heterocycles. The Kier molecular flexibility index (Phi) is 3.53. The van der Waals surface area contributed by atoms with E-state index in [9.17, 15) is 4.39 Å². The number of rotatable bonds is 3. The summed E-state index contributed by atoms with van der Waals surface area (Å²) in [7, 11) is 0. The van der Waals surface area contributed by atoms with Crippen molar-refractivity contribution >= 4 is 21.6 Å². The SMILES string of the molecule is Nc1cccc(Br)c1OCC1Cc2cc(F)ccc2O1. The molecule has 0 saturated carbocycles. The van der Waals surface area contributed by atoms with Crippen LogP contribution in [-0.4, -0.2) is 12.7 Å². The summed E-state index contributed by atoms with van der Waals surface area (Å²) in [6.07, 6.45) is 0.510. The van der Waals surface area contributed by atoms with E-state index in [1.807, 2.05) is 12.1 Å². The number of hydrogen-bond acceptors (Lipinski definition) is 3. The molecule has 0 amide bonds. The molecule has 2 N–H and O–H groups in total. The van der Waals surface area contributed by atoms with E-state index in [2.05, 4.69) is 15.9 Å². The summed E-state index contributed by atoms with van der Waals surface area (Å²) in [4.78, 5) is 0. The third-order valence-corrected chi connectivity index (χ3v) is 3.80. The Morgan fingerprint density at radius 2 is 2.20 bits per heavy atom. The van der Waals surface area contributed by atoms with Crippen molar-refractivity contribution in [2.75, 3.05) is 12.3 Å². The maximum absolute atomic E-state index is 13.1. The van der Waals surface area contributed by atoms with E-state index in [0.717, 1.165) is 15.8 Å². The molecule has 20 heavy (non-hydrogen) atoms. The van der Waals surface area contributed by atoms with E-state index in [0.29, 0.717) is 24.5 Å². The lowest BCUT2D eigenvalue weighted by Gasteiger charge is -2.14. The molecule has 1 aliphatic rings.